The second kappa shape index (κ2) is 8.39. The van der Waals surface area contributed by atoms with Gasteiger partial charge in [0, 0.05) is 11.1 Å². The summed E-state index contributed by atoms with van der Waals surface area (Å²) >= 11 is 5.68. The first-order valence-electron chi connectivity index (χ1n) is 7.22. The largest absolute Gasteiger partial charge is 0.493 e. The minimum absolute atomic E-state index is 0.0453. The highest BCUT2D eigenvalue weighted by molar-refractivity contribution is 6.30. The number of rotatable bonds is 6. The average molecular weight is 366 g/mol. The molecule has 132 valence electrons. The third kappa shape index (κ3) is 4.64. The van der Waals surface area contributed by atoms with Crippen LogP contribution in [0.4, 0.5) is 10.1 Å². The lowest BCUT2D eigenvalue weighted by Gasteiger charge is -2.12. The number of carbonyl (C=O) groups excluding carboxylic acids is 1. The SMILES string of the molecule is COc1cc(/C=C/C(=O)Nc2ccc(Cl)cc2F)cc(OC)c1OC. The van der Waals surface area contributed by atoms with Gasteiger partial charge in [-0.05, 0) is 42.0 Å². The van der Waals surface area contributed by atoms with Crippen molar-refractivity contribution in [3.05, 3.63) is 52.8 Å². The molecular weight excluding hydrogens is 349 g/mol. The van der Waals surface area contributed by atoms with E-state index in [0.29, 0.717) is 22.8 Å². The highest BCUT2D eigenvalue weighted by Crippen LogP contribution is 2.38. The van der Waals surface area contributed by atoms with Crippen molar-refractivity contribution in [1.82, 2.24) is 0 Å². The van der Waals surface area contributed by atoms with Crippen LogP contribution in [0, 0.1) is 5.82 Å². The molecule has 0 aromatic heterocycles. The van der Waals surface area contributed by atoms with Crippen molar-refractivity contribution in [2.75, 3.05) is 26.6 Å². The van der Waals surface area contributed by atoms with Gasteiger partial charge in [0.15, 0.2) is 11.5 Å². The van der Waals surface area contributed by atoms with Gasteiger partial charge in [-0.15, -0.1) is 0 Å². The summed E-state index contributed by atoms with van der Waals surface area (Å²) in [5.41, 5.74) is 0.699. The maximum atomic E-state index is 13.7. The predicted octanol–water partition coefficient (Wildman–Crippen LogP) is 4.16. The molecule has 0 unspecified atom stereocenters. The van der Waals surface area contributed by atoms with E-state index in [9.17, 15) is 9.18 Å². The van der Waals surface area contributed by atoms with Crippen molar-refractivity contribution in [2.45, 2.75) is 0 Å². The summed E-state index contributed by atoms with van der Waals surface area (Å²) in [6.07, 6.45) is 2.82. The first kappa shape index (κ1) is 18.6. The van der Waals surface area contributed by atoms with Crippen LogP contribution in [0.25, 0.3) is 6.08 Å². The van der Waals surface area contributed by atoms with Crippen molar-refractivity contribution in [2.24, 2.45) is 0 Å². The second-order valence-corrected chi connectivity index (χ2v) is 5.34. The monoisotopic (exact) mass is 365 g/mol. The lowest BCUT2D eigenvalue weighted by Crippen LogP contribution is -2.09. The number of carbonyl (C=O) groups is 1. The van der Waals surface area contributed by atoms with Crippen LogP contribution in [-0.4, -0.2) is 27.2 Å². The summed E-state index contributed by atoms with van der Waals surface area (Å²) in [7, 11) is 4.51. The van der Waals surface area contributed by atoms with Gasteiger partial charge in [0.25, 0.3) is 0 Å². The summed E-state index contributed by atoms with van der Waals surface area (Å²) in [6, 6.07) is 7.38. The molecule has 0 atom stereocenters. The fraction of sp³-hybridized carbons (Fsp3) is 0.167. The molecule has 2 aromatic rings. The molecule has 0 radical (unpaired) electrons. The van der Waals surface area contributed by atoms with E-state index in [1.165, 1.54) is 39.5 Å². The summed E-state index contributed by atoms with van der Waals surface area (Å²) in [5.74, 6) is 0.281. The van der Waals surface area contributed by atoms with E-state index < -0.39 is 11.7 Å². The minimum atomic E-state index is -0.609. The molecule has 0 saturated heterocycles. The van der Waals surface area contributed by atoms with Gasteiger partial charge in [0.2, 0.25) is 11.7 Å². The first-order chi connectivity index (χ1) is 12.0. The summed E-state index contributed by atoms with van der Waals surface area (Å²) < 4.78 is 29.4. The lowest BCUT2D eigenvalue weighted by atomic mass is 10.1. The fourth-order valence-electron chi connectivity index (χ4n) is 2.13. The first-order valence-corrected chi connectivity index (χ1v) is 7.60. The number of hydrogen-bond donors (Lipinski definition) is 1. The zero-order valence-corrected chi connectivity index (χ0v) is 14.7. The van der Waals surface area contributed by atoms with E-state index in [2.05, 4.69) is 5.32 Å². The number of amides is 1. The smallest absolute Gasteiger partial charge is 0.248 e. The third-order valence-electron chi connectivity index (χ3n) is 3.30. The van der Waals surface area contributed by atoms with E-state index in [-0.39, 0.29) is 10.7 Å². The van der Waals surface area contributed by atoms with E-state index in [1.807, 2.05) is 0 Å². The Morgan fingerprint density at radius 1 is 1.08 bits per heavy atom. The molecule has 0 spiro atoms. The standard InChI is InChI=1S/C18H17ClFNO4/c1-23-15-8-11(9-16(24-2)18(15)25-3)4-7-17(22)21-14-6-5-12(19)10-13(14)20/h4-10H,1-3H3,(H,21,22)/b7-4+. The van der Waals surface area contributed by atoms with Crippen LogP contribution in [-0.2, 0) is 4.79 Å². The Balaban J connectivity index is 2.19. The van der Waals surface area contributed by atoms with Gasteiger partial charge in [-0.25, -0.2) is 4.39 Å². The Kier molecular flexibility index (Phi) is 6.25. The maximum absolute atomic E-state index is 13.7. The van der Waals surface area contributed by atoms with E-state index in [1.54, 1.807) is 18.2 Å². The van der Waals surface area contributed by atoms with Crippen LogP contribution in [0.1, 0.15) is 5.56 Å². The zero-order valence-electron chi connectivity index (χ0n) is 13.9. The maximum Gasteiger partial charge on any atom is 0.248 e. The van der Waals surface area contributed by atoms with Crippen LogP contribution in [0.5, 0.6) is 17.2 Å². The molecule has 25 heavy (non-hydrogen) atoms. The van der Waals surface area contributed by atoms with Gasteiger partial charge in [-0.1, -0.05) is 11.6 Å². The molecule has 1 N–H and O–H groups in total. The van der Waals surface area contributed by atoms with Crippen molar-refractivity contribution in [1.29, 1.82) is 0 Å². The minimum Gasteiger partial charge on any atom is -0.493 e. The molecule has 0 fully saturated rings. The van der Waals surface area contributed by atoms with Gasteiger partial charge < -0.3 is 19.5 Å². The van der Waals surface area contributed by atoms with Crippen LogP contribution in [0.15, 0.2) is 36.4 Å². The number of nitrogens with one attached hydrogen (secondary N) is 1. The van der Waals surface area contributed by atoms with Crippen LogP contribution < -0.4 is 19.5 Å². The molecule has 0 bridgehead atoms. The number of halogens is 2. The summed E-state index contributed by atoms with van der Waals surface area (Å²) in [5, 5.41) is 2.69. The molecule has 0 aliphatic rings. The molecular formula is C18H17ClFNO4. The Morgan fingerprint density at radius 2 is 1.72 bits per heavy atom. The molecule has 0 saturated carbocycles. The van der Waals surface area contributed by atoms with Gasteiger partial charge in [0.05, 0.1) is 27.0 Å². The van der Waals surface area contributed by atoms with E-state index in [4.69, 9.17) is 25.8 Å². The fourth-order valence-corrected chi connectivity index (χ4v) is 2.29. The third-order valence-corrected chi connectivity index (χ3v) is 3.54. The van der Waals surface area contributed by atoms with E-state index in [0.717, 1.165) is 6.07 Å². The van der Waals surface area contributed by atoms with Gasteiger partial charge in [0.1, 0.15) is 5.82 Å². The predicted molar refractivity (Wildman–Crippen MR) is 95.2 cm³/mol. The Morgan fingerprint density at radius 3 is 2.24 bits per heavy atom. The normalized spacial score (nSPS) is 10.6. The molecule has 0 heterocycles. The molecule has 1 amide bonds. The van der Waals surface area contributed by atoms with Crippen LogP contribution >= 0.6 is 11.6 Å². The Hall–Kier alpha value is -2.73. The van der Waals surface area contributed by atoms with Crippen molar-refractivity contribution < 1.29 is 23.4 Å². The number of anilines is 1. The quantitative estimate of drug-likeness (QED) is 0.781. The molecule has 0 aliphatic heterocycles. The topological polar surface area (TPSA) is 56.8 Å². The Bertz CT molecular complexity index is 783. The number of ether oxygens (including phenoxy) is 3. The molecule has 7 heteroatoms. The average Bonchev–Trinajstić information content (AvgIpc) is 2.61. The number of methoxy groups -OCH3 is 3. The van der Waals surface area contributed by atoms with Gasteiger partial charge in [-0.2, -0.15) is 0 Å². The zero-order chi connectivity index (χ0) is 18.4. The lowest BCUT2D eigenvalue weighted by molar-refractivity contribution is -0.111. The summed E-state index contributed by atoms with van der Waals surface area (Å²) in [4.78, 5) is 12.0. The highest BCUT2D eigenvalue weighted by Gasteiger charge is 2.12. The van der Waals surface area contributed by atoms with E-state index >= 15 is 0 Å². The van der Waals surface area contributed by atoms with Crippen LogP contribution in [0.3, 0.4) is 0 Å². The molecule has 0 aliphatic carbocycles. The van der Waals surface area contributed by atoms with Crippen molar-refractivity contribution >= 4 is 29.3 Å². The number of hydrogen-bond acceptors (Lipinski definition) is 4. The molecule has 2 aromatic carbocycles. The summed E-state index contributed by atoms with van der Waals surface area (Å²) in [6.45, 7) is 0. The van der Waals surface area contributed by atoms with Crippen molar-refractivity contribution in [3.63, 3.8) is 0 Å². The molecule has 5 nitrogen and oxygen atoms in total. The van der Waals surface area contributed by atoms with Crippen molar-refractivity contribution in [3.8, 4) is 17.2 Å². The highest BCUT2D eigenvalue weighted by atomic mass is 35.5. The van der Waals surface area contributed by atoms with Crippen LogP contribution in [0.2, 0.25) is 5.02 Å². The molecule has 2 rings (SSSR count). The number of benzene rings is 2. The van der Waals surface area contributed by atoms with Gasteiger partial charge >= 0.3 is 0 Å². The second-order valence-electron chi connectivity index (χ2n) is 4.91. The van der Waals surface area contributed by atoms with Gasteiger partial charge in [-0.3, -0.25) is 4.79 Å². The Labute approximate surface area is 150 Å².